The molecule has 1 aromatic carbocycles. The molecule has 1 saturated carbocycles. The number of rotatable bonds is 6. The van der Waals surface area contributed by atoms with Crippen LogP contribution in [0.2, 0.25) is 0 Å². The minimum atomic E-state index is -2.84. The Morgan fingerprint density at radius 1 is 1.06 bits per heavy atom. The third-order valence-electron chi connectivity index (χ3n) is 5.93. The highest BCUT2D eigenvalue weighted by Crippen LogP contribution is 2.44. The van der Waals surface area contributed by atoms with Crippen LogP contribution in [0.1, 0.15) is 37.1 Å². The third-order valence-corrected chi connectivity index (χ3v) is 5.93. The van der Waals surface area contributed by atoms with E-state index in [0.717, 1.165) is 24.8 Å². The van der Waals surface area contributed by atoms with Crippen LogP contribution in [0.25, 0.3) is 11.5 Å². The monoisotopic (exact) mass is 446 g/mol. The molecule has 32 heavy (non-hydrogen) atoms. The molecule has 2 aliphatic rings. The number of anilines is 2. The largest absolute Gasteiger partial charge is 0.415 e. The maximum atomic E-state index is 14.6. The van der Waals surface area contributed by atoms with Gasteiger partial charge >= 0.3 is 6.43 Å². The van der Waals surface area contributed by atoms with Gasteiger partial charge in [0.05, 0.1) is 30.0 Å². The van der Waals surface area contributed by atoms with Crippen molar-refractivity contribution in [1.29, 1.82) is 0 Å². The van der Waals surface area contributed by atoms with Gasteiger partial charge in [-0.2, -0.15) is 8.78 Å². The van der Waals surface area contributed by atoms with Crippen molar-refractivity contribution in [3.8, 4) is 11.5 Å². The normalized spacial score (nSPS) is 17.9. The van der Waals surface area contributed by atoms with Crippen LogP contribution in [0, 0.1) is 5.82 Å². The number of nitrogens with zero attached hydrogens (tertiary/aromatic N) is 5. The van der Waals surface area contributed by atoms with Crippen LogP contribution in [0.5, 0.6) is 0 Å². The molecule has 1 aliphatic heterocycles. The van der Waals surface area contributed by atoms with Gasteiger partial charge < -0.3 is 19.4 Å². The zero-order valence-electron chi connectivity index (χ0n) is 17.1. The minimum absolute atomic E-state index is 0.0705. The Morgan fingerprint density at radius 3 is 2.44 bits per heavy atom. The first-order chi connectivity index (χ1) is 15.5. The quantitative estimate of drug-likeness (QED) is 0.609. The van der Waals surface area contributed by atoms with E-state index in [1.807, 2.05) is 11.0 Å². The van der Waals surface area contributed by atoms with Gasteiger partial charge in [0, 0.05) is 25.5 Å². The average Bonchev–Trinajstić information content (AvgIpc) is 3.29. The maximum absolute atomic E-state index is 14.6. The zero-order valence-corrected chi connectivity index (χ0v) is 17.1. The summed E-state index contributed by atoms with van der Waals surface area (Å²) in [5, 5.41) is 10.3. The SMILES string of the molecule is Fc1ccc(C2(Nc3ncc(-c4nnc(C(F)F)o4)cn3)CCC2)cc1N1CCOCC1. The summed E-state index contributed by atoms with van der Waals surface area (Å²) in [7, 11) is 0. The fraction of sp³-hybridized carbons (Fsp3) is 0.429. The van der Waals surface area contributed by atoms with E-state index in [0.29, 0.717) is 43.5 Å². The molecule has 8 nitrogen and oxygen atoms in total. The minimum Gasteiger partial charge on any atom is -0.415 e. The van der Waals surface area contributed by atoms with Gasteiger partial charge in [-0.1, -0.05) is 6.07 Å². The molecule has 0 unspecified atom stereocenters. The summed E-state index contributed by atoms with van der Waals surface area (Å²) in [4.78, 5) is 10.6. The smallest absolute Gasteiger partial charge is 0.314 e. The highest BCUT2D eigenvalue weighted by molar-refractivity contribution is 5.55. The summed E-state index contributed by atoms with van der Waals surface area (Å²) >= 11 is 0. The fourth-order valence-corrected chi connectivity index (χ4v) is 4.03. The van der Waals surface area contributed by atoms with Crippen molar-refractivity contribution in [3.63, 3.8) is 0 Å². The van der Waals surface area contributed by atoms with Crippen molar-refractivity contribution >= 4 is 11.6 Å². The van der Waals surface area contributed by atoms with E-state index in [9.17, 15) is 13.2 Å². The molecule has 5 rings (SSSR count). The summed E-state index contributed by atoms with van der Waals surface area (Å²) in [5.41, 5.74) is 1.48. The van der Waals surface area contributed by atoms with E-state index in [1.54, 1.807) is 6.07 Å². The molecule has 0 amide bonds. The van der Waals surface area contributed by atoms with Gasteiger partial charge in [0.15, 0.2) is 0 Å². The van der Waals surface area contributed by atoms with E-state index in [4.69, 9.17) is 9.15 Å². The van der Waals surface area contributed by atoms with Crippen LogP contribution in [0.15, 0.2) is 35.0 Å². The highest BCUT2D eigenvalue weighted by Gasteiger charge is 2.40. The van der Waals surface area contributed by atoms with Gasteiger partial charge in [0.25, 0.3) is 11.8 Å². The molecule has 0 atom stereocenters. The van der Waals surface area contributed by atoms with Crippen LogP contribution in [-0.2, 0) is 10.3 Å². The standard InChI is InChI=1S/C21H21F3N6O2/c22-15-3-2-14(10-16(15)30-6-8-31-9-7-30)21(4-1-5-21)27-20-25-11-13(12-26-20)18-28-29-19(32-18)17(23)24/h2-3,10-12,17H,1,4-9H2,(H,25,26,27). The average molecular weight is 446 g/mol. The summed E-state index contributed by atoms with van der Waals surface area (Å²) in [6.07, 6.45) is 2.77. The fourth-order valence-electron chi connectivity index (χ4n) is 4.03. The van der Waals surface area contributed by atoms with Crippen molar-refractivity contribution < 1.29 is 22.3 Å². The zero-order chi connectivity index (χ0) is 22.1. The molecule has 1 N–H and O–H groups in total. The number of ether oxygens (including phenoxy) is 1. The van der Waals surface area contributed by atoms with Crippen molar-refractivity contribution in [2.45, 2.75) is 31.2 Å². The third kappa shape index (κ3) is 3.88. The Bertz CT molecular complexity index is 1080. The van der Waals surface area contributed by atoms with Gasteiger partial charge in [-0.3, -0.25) is 0 Å². The van der Waals surface area contributed by atoms with Gasteiger partial charge in [-0.15, -0.1) is 10.2 Å². The van der Waals surface area contributed by atoms with Crippen molar-refractivity contribution in [2.75, 3.05) is 36.5 Å². The molecular formula is C21H21F3N6O2. The van der Waals surface area contributed by atoms with Gasteiger partial charge in [-0.25, -0.2) is 14.4 Å². The first-order valence-electron chi connectivity index (χ1n) is 10.4. The van der Waals surface area contributed by atoms with E-state index < -0.39 is 17.9 Å². The Hall–Kier alpha value is -3.21. The first-order valence-corrected chi connectivity index (χ1v) is 10.4. The molecule has 3 heterocycles. The summed E-state index contributed by atoms with van der Waals surface area (Å²) in [5.74, 6) is -0.699. The number of nitrogens with one attached hydrogen (secondary N) is 1. The van der Waals surface area contributed by atoms with Crippen molar-refractivity contribution in [1.82, 2.24) is 20.2 Å². The Kier molecular flexibility index (Phi) is 5.41. The second kappa shape index (κ2) is 8.38. The topological polar surface area (TPSA) is 89.2 Å². The van der Waals surface area contributed by atoms with Gasteiger partial charge in [0.1, 0.15) is 5.82 Å². The number of halogens is 3. The van der Waals surface area contributed by atoms with Crippen molar-refractivity contribution in [3.05, 3.63) is 47.9 Å². The number of benzene rings is 1. The molecule has 3 aromatic rings. The molecule has 0 bridgehead atoms. The number of morpholine rings is 1. The molecular weight excluding hydrogens is 425 g/mol. The predicted molar refractivity (Wildman–Crippen MR) is 109 cm³/mol. The molecule has 0 radical (unpaired) electrons. The highest BCUT2D eigenvalue weighted by atomic mass is 19.3. The maximum Gasteiger partial charge on any atom is 0.314 e. The lowest BCUT2D eigenvalue weighted by Crippen LogP contribution is -2.43. The number of hydrogen-bond donors (Lipinski definition) is 1. The summed E-state index contributed by atoms with van der Waals surface area (Å²) in [6.45, 7) is 2.45. The second-order valence-corrected chi connectivity index (χ2v) is 7.87. The molecule has 11 heteroatoms. The Balaban J connectivity index is 1.37. The van der Waals surface area contributed by atoms with Crippen LogP contribution < -0.4 is 10.2 Å². The van der Waals surface area contributed by atoms with Crippen LogP contribution >= 0.6 is 0 Å². The van der Waals surface area contributed by atoms with E-state index in [-0.39, 0.29) is 11.7 Å². The molecule has 0 spiro atoms. The van der Waals surface area contributed by atoms with E-state index in [2.05, 4.69) is 25.5 Å². The summed E-state index contributed by atoms with van der Waals surface area (Å²) < 4.78 is 50.2. The number of alkyl halides is 2. The van der Waals surface area contributed by atoms with Crippen LogP contribution in [-0.4, -0.2) is 46.5 Å². The number of aromatic nitrogens is 4. The lowest BCUT2D eigenvalue weighted by atomic mass is 9.71. The van der Waals surface area contributed by atoms with Crippen LogP contribution in [0.4, 0.5) is 24.8 Å². The predicted octanol–water partition coefficient (Wildman–Crippen LogP) is 3.93. The molecule has 2 fully saturated rings. The molecule has 1 saturated heterocycles. The van der Waals surface area contributed by atoms with E-state index in [1.165, 1.54) is 18.5 Å². The molecule has 168 valence electrons. The Morgan fingerprint density at radius 2 is 1.81 bits per heavy atom. The summed E-state index contributed by atoms with van der Waals surface area (Å²) in [6, 6.07) is 5.19. The first kappa shape index (κ1) is 20.7. The van der Waals surface area contributed by atoms with Gasteiger partial charge in [-0.05, 0) is 37.0 Å². The Labute approximate surface area is 181 Å². The van der Waals surface area contributed by atoms with Crippen LogP contribution in [0.3, 0.4) is 0 Å². The second-order valence-electron chi connectivity index (χ2n) is 7.87. The van der Waals surface area contributed by atoms with Gasteiger partial charge in [0.2, 0.25) is 5.95 Å². The molecule has 2 aromatic heterocycles. The lowest BCUT2D eigenvalue weighted by Gasteiger charge is -2.43. The lowest BCUT2D eigenvalue weighted by molar-refractivity contribution is 0.116. The number of hydrogen-bond acceptors (Lipinski definition) is 8. The molecule has 1 aliphatic carbocycles. The van der Waals surface area contributed by atoms with E-state index >= 15 is 0 Å². The van der Waals surface area contributed by atoms with Crippen molar-refractivity contribution in [2.24, 2.45) is 0 Å².